The molecule has 7 aromatic carbocycles. The van der Waals surface area contributed by atoms with E-state index in [9.17, 15) is 40.9 Å². The fourth-order valence-electron chi connectivity index (χ4n) is 5.89. The fraction of sp³-hybridized carbons (Fsp3) is 0. The van der Waals surface area contributed by atoms with Crippen LogP contribution in [0.5, 0.6) is 46.0 Å². The number of aromatic hydroxyl groups is 8. The zero-order chi connectivity index (χ0) is 29.4. The van der Waals surface area contributed by atoms with Gasteiger partial charge in [0.15, 0.2) is 23.0 Å². The number of phenolic OH excluding ortho intramolecular Hbond substituents is 8. The van der Waals surface area contributed by atoms with Crippen molar-refractivity contribution in [2.45, 2.75) is 0 Å². The minimum Gasteiger partial charge on any atom is -0.504 e. The summed E-state index contributed by atoms with van der Waals surface area (Å²) in [7, 11) is 0. The topological polar surface area (TPSA) is 162 Å². The van der Waals surface area contributed by atoms with Crippen molar-refractivity contribution in [3.63, 3.8) is 0 Å². The van der Waals surface area contributed by atoms with Crippen LogP contribution in [0.2, 0.25) is 0 Å². The van der Waals surface area contributed by atoms with Crippen molar-refractivity contribution in [3.05, 3.63) is 84.9 Å². The molecule has 0 aliphatic rings. The molecule has 8 nitrogen and oxygen atoms in total. The number of benzene rings is 7. The quantitative estimate of drug-likeness (QED) is 0.0624. The predicted molar refractivity (Wildman–Crippen MR) is 161 cm³/mol. The van der Waals surface area contributed by atoms with Gasteiger partial charge in [-0.25, -0.2) is 0 Å². The first kappa shape index (κ1) is 25.0. The van der Waals surface area contributed by atoms with Crippen LogP contribution < -0.4 is 0 Å². The molecule has 0 unspecified atom stereocenters. The number of rotatable bonds is 2. The second kappa shape index (κ2) is 8.74. The molecule has 0 radical (unpaired) electrons. The van der Waals surface area contributed by atoms with Gasteiger partial charge >= 0.3 is 0 Å². The van der Waals surface area contributed by atoms with Gasteiger partial charge in [-0.15, -0.1) is 0 Å². The molecule has 42 heavy (non-hydrogen) atoms. The van der Waals surface area contributed by atoms with Crippen molar-refractivity contribution < 1.29 is 40.9 Å². The average Bonchev–Trinajstić information content (AvgIpc) is 3.02. The molecule has 8 N–H and O–H groups in total. The van der Waals surface area contributed by atoms with Crippen molar-refractivity contribution in [2.24, 2.45) is 0 Å². The highest BCUT2D eigenvalue weighted by Crippen LogP contribution is 2.61. The van der Waals surface area contributed by atoms with E-state index in [-0.39, 0.29) is 32.7 Å². The molecule has 0 saturated heterocycles. The fourth-order valence-corrected chi connectivity index (χ4v) is 5.89. The van der Waals surface area contributed by atoms with Gasteiger partial charge in [-0.1, -0.05) is 72.8 Å². The molecule has 8 heteroatoms. The minimum absolute atomic E-state index is 0.0153. The molecule has 206 valence electrons. The molecule has 0 fully saturated rings. The molecule has 0 aliphatic carbocycles. The minimum atomic E-state index is -1.00. The molecule has 0 aliphatic heterocycles. The van der Waals surface area contributed by atoms with Crippen molar-refractivity contribution in [1.82, 2.24) is 0 Å². The van der Waals surface area contributed by atoms with E-state index in [4.69, 9.17) is 0 Å². The molecule has 0 saturated carbocycles. The molecule has 0 spiro atoms. The summed E-state index contributed by atoms with van der Waals surface area (Å²) in [5.41, 5.74) is 0.768. The number of hydrogen-bond donors (Lipinski definition) is 8. The Morgan fingerprint density at radius 1 is 0.286 bits per heavy atom. The zero-order valence-electron chi connectivity index (χ0n) is 21.7. The van der Waals surface area contributed by atoms with Gasteiger partial charge in [0.05, 0.1) is 0 Å². The van der Waals surface area contributed by atoms with Gasteiger partial charge in [0, 0.05) is 32.7 Å². The van der Waals surface area contributed by atoms with E-state index in [2.05, 4.69) is 0 Å². The first-order valence-corrected chi connectivity index (χ1v) is 12.9. The summed E-state index contributed by atoms with van der Waals surface area (Å²) in [5, 5.41) is 90.6. The summed E-state index contributed by atoms with van der Waals surface area (Å²) in [5.74, 6) is -7.24. The van der Waals surface area contributed by atoms with Gasteiger partial charge in [-0.2, -0.15) is 0 Å². The average molecular weight is 559 g/mol. The van der Waals surface area contributed by atoms with Crippen LogP contribution >= 0.6 is 0 Å². The van der Waals surface area contributed by atoms with E-state index in [0.29, 0.717) is 11.1 Å². The highest BCUT2D eigenvalue weighted by molar-refractivity contribution is 6.29. The summed E-state index contributed by atoms with van der Waals surface area (Å²) in [6.45, 7) is 0. The third-order valence-electron chi connectivity index (χ3n) is 7.87. The van der Waals surface area contributed by atoms with Gasteiger partial charge in [0.2, 0.25) is 23.0 Å². The molecular formula is C34H22O8. The first-order chi connectivity index (χ1) is 20.2. The Kier molecular flexibility index (Phi) is 5.20. The van der Waals surface area contributed by atoms with Gasteiger partial charge in [-0.3, -0.25) is 0 Å². The lowest BCUT2D eigenvalue weighted by atomic mass is 9.83. The Morgan fingerprint density at radius 2 is 0.571 bits per heavy atom. The first-order valence-electron chi connectivity index (χ1n) is 12.9. The molecule has 0 aromatic heterocycles. The van der Waals surface area contributed by atoms with Crippen LogP contribution in [0.15, 0.2) is 84.9 Å². The Labute approximate surface area is 237 Å². The van der Waals surface area contributed by atoms with Crippen LogP contribution in [0.3, 0.4) is 0 Å². The maximum absolute atomic E-state index is 11.3. The van der Waals surface area contributed by atoms with Crippen molar-refractivity contribution in [2.75, 3.05) is 0 Å². The van der Waals surface area contributed by atoms with Crippen molar-refractivity contribution in [1.29, 1.82) is 0 Å². The Bertz CT molecular complexity index is 2050. The molecular weight excluding hydrogens is 536 g/mol. The Balaban J connectivity index is 1.81. The lowest BCUT2D eigenvalue weighted by Crippen LogP contribution is -1.95. The number of phenols is 8. The summed E-state index contributed by atoms with van der Waals surface area (Å²) in [6.07, 6.45) is 0. The zero-order valence-corrected chi connectivity index (χ0v) is 21.7. The normalized spacial score (nSPS) is 11.6. The van der Waals surface area contributed by atoms with Crippen LogP contribution in [-0.2, 0) is 0 Å². The van der Waals surface area contributed by atoms with E-state index >= 15 is 0 Å². The summed E-state index contributed by atoms with van der Waals surface area (Å²) in [4.78, 5) is 0. The number of hydrogen-bond acceptors (Lipinski definition) is 8. The van der Waals surface area contributed by atoms with E-state index in [0.717, 1.165) is 21.5 Å². The van der Waals surface area contributed by atoms with Gasteiger partial charge < -0.3 is 40.9 Å². The third-order valence-corrected chi connectivity index (χ3v) is 7.87. The van der Waals surface area contributed by atoms with Crippen LogP contribution in [0.25, 0.3) is 65.3 Å². The maximum atomic E-state index is 11.3. The highest BCUT2D eigenvalue weighted by atomic mass is 16.4. The lowest BCUT2D eigenvalue weighted by molar-refractivity contribution is 0.350. The van der Waals surface area contributed by atoms with E-state index < -0.39 is 46.0 Å². The van der Waals surface area contributed by atoms with Crippen LogP contribution in [0, 0.1) is 0 Å². The van der Waals surface area contributed by atoms with Crippen LogP contribution in [0.1, 0.15) is 0 Å². The monoisotopic (exact) mass is 558 g/mol. The van der Waals surface area contributed by atoms with E-state index in [1.54, 1.807) is 36.4 Å². The van der Waals surface area contributed by atoms with Crippen LogP contribution in [-0.4, -0.2) is 40.9 Å². The Hall–Kier alpha value is -6.02. The van der Waals surface area contributed by atoms with Crippen molar-refractivity contribution >= 4 is 43.1 Å². The van der Waals surface area contributed by atoms with Crippen molar-refractivity contribution in [3.8, 4) is 68.2 Å². The smallest absolute Gasteiger partial charge is 0.204 e. The predicted octanol–water partition coefficient (Wildman–Crippen LogP) is 7.28. The molecule has 7 rings (SSSR count). The molecule has 0 atom stereocenters. The summed E-state index contributed by atoms with van der Waals surface area (Å²) < 4.78 is 0. The lowest BCUT2D eigenvalue weighted by Gasteiger charge is -2.22. The second-order valence-electron chi connectivity index (χ2n) is 10.2. The highest BCUT2D eigenvalue weighted by Gasteiger charge is 2.32. The SMILES string of the molecule is Oc1c(O)c(O)c2c(-c3ccc4ccccc4c3)c3c(O)c(O)c(O)c(O)c3c(-c3ccc4ccccc4c3)c2c1O. The van der Waals surface area contributed by atoms with E-state index in [1.165, 1.54) is 0 Å². The molecule has 0 bridgehead atoms. The van der Waals surface area contributed by atoms with Gasteiger partial charge in [-0.05, 0) is 44.8 Å². The summed E-state index contributed by atoms with van der Waals surface area (Å²) in [6, 6.07) is 25.2. The van der Waals surface area contributed by atoms with Gasteiger partial charge in [0.25, 0.3) is 0 Å². The standard InChI is InChI=1S/C34H22O8/c35-27-23-21(19-11-9-15-5-1-3-7-17(15)13-19)24-26(30(38)34(42)32(40)28(24)36)22(25(23)29(37)33(41)31(27)39)20-12-10-16-6-2-4-8-18(16)14-20/h1-14,35-42H. The van der Waals surface area contributed by atoms with Gasteiger partial charge in [0.1, 0.15) is 0 Å². The van der Waals surface area contributed by atoms with E-state index in [1.807, 2.05) is 48.5 Å². The van der Waals surface area contributed by atoms with Crippen LogP contribution in [0.4, 0.5) is 0 Å². The molecule has 0 amide bonds. The maximum Gasteiger partial charge on any atom is 0.204 e. The summed E-state index contributed by atoms with van der Waals surface area (Å²) >= 11 is 0. The Morgan fingerprint density at radius 3 is 0.881 bits per heavy atom. The second-order valence-corrected chi connectivity index (χ2v) is 10.2. The molecule has 7 aromatic rings. The number of fused-ring (bicyclic) bond motifs is 4. The molecule has 0 heterocycles. The third kappa shape index (κ3) is 3.29. The largest absolute Gasteiger partial charge is 0.504 e.